The van der Waals surface area contributed by atoms with Gasteiger partial charge >= 0.3 is 6.03 Å². The van der Waals surface area contributed by atoms with Crippen molar-refractivity contribution < 1.29 is 14.3 Å². The van der Waals surface area contributed by atoms with E-state index in [9.17, 15) is 9.59 Å². The van der Waals surface area contributed by atoms with Crippen LogP contribution in [0.15, 0.2) is 24.3 Å². The lowest BCUT2D eigenvalue weighted by Crippen LogP contribution is -2.52. The van der Waals surface area contributed by atoms with Gasteiger partial charge < -0.3 is 19.9 Å². The molecular weight excluding hydrogens is 282 g/mol. The van der Waals surface area contributed by atoms with Crippen LogP contribution in [0.5, 0.6) is 5.75 Å². The Morgan fingerprint density at radius 3 is 2.73 bits per heavy atom. The second kappa shape index (κ2) is 6.68. The number of amides is 3. The third kappa shape index (κ3) is 3.50. The maximum absolute atomic E-state index is 12.5. The first-order chi connectivity index (χ1) is 10.4. The number of carbonyl (C=O) groups excluding carboxylic acids is 2. The summed E-state index contributed by atoms with van der Waals surface area (Å²) in [6, 6.07) is 6.80. The molecule has 0 saturated heterocycles. The van der Waals surface area contributed by atoms with Crippen molar-refractivity contribution in [1.82, 2.24) is 15.1 Å². The third-order valence-electron chi connectivity index (χ3n) is 3.74. The van der Waals surface area contributed by atoms with Crippen LogP contribution in [0.1, 0.15) is 19.4 Å². The van der Waals surface area contributed by atoms with Crippen LogP contribution >= 0.6 is 0 Å². The Labute approximate surface area is 131 Å². The quantitative estimate of drug-likeness (QED) is 0.900. The van der Waals surface area contributed by atoms with Crippen molar-refractivity contribution in [2.75, 3.05) is 20.7 Å². The highest BCUT2D eigenvalue weighted by molar-refractivity contribution is 5.86. The summed E-state index contributed by atoms with van der Waals surface area (Å²) in [5.41, 5.74) is 0.966. The molecule has 0 unspecified atom stereocenters. The minimum Gasteiger partial charge on any atom is -0.491 e. The van der Waals surface area contributed by atoms with Gasteiger partial charge in [-0.1, -0.05) is 18.2 Å². The highest BCUT2D eigenvalue weighted by Gasteiger charge is 2.27. The molecule has 0 spiro atoms. The normalized spacial score (nSPS) is 18.5. The van der Waals surface area contributed by atoms with Gasteiger partial charge in [-0.3, -0.25) is 4.79 Å². The maximum atomic E-state index is 12.5. The Balaban J connectivity index is 2.10. The number of likely N-dealkylation sites (N-methyl/N-ethyl adjacent to an activating group) is 1. The minimum atomic E-state index is -0.561. The van der Waals surface area contributed by atoms with Crippen molar-refractivity contribution in [3.8, 4) is 5.75 Å². The van der Waals surface area contributed by atoms with Crippen LogP contribution in [-0.2, 0) is 11.3 Å². The van der Waals surface area contributed by atoms with Crippen molar-refractivity contribution in [2.24, 2.45) is 0 Å². The van der Waals surface area contributed by atoms with Crippen molar-refractivity contribution in [3.63, 3.8) is 0 Å². The Hall–Kier alpha value is -2.24. The molecule has 6 heteroatoms. The van der Waals surface area contributed by atoms with Gasteiger partial charge in [-0.25, -0.2) is 4.79 Å². The summed E-state index contributed by atoms with van der Waals surface area (Å²) in [5, 5.41) is 2.76. The van der Waals surface area contributed by atoms with Gasteiger partial charge in [0.1, 0.15) is 18.4 Å². The lowest BCUT2D eigenvalue weighted by molar-refractivity contribution is -0.130. The SMILES string of the molecule is C[C@H](NC(=O)N1Cc2ccccc2OC[C@@H]1C)C(=O)N(C)C. The predicted octanol–water partition coefficient (Wildman–Crippen LogP) is 1.46. The molecular formula is C16H23N3O3. The largest absolute Gasteiger partial charge is 0.491 e. The first-order valence-corrected chi connectivity index (χ1v) is 7.39. The number of para-hydroxylation sites is 1. The van der Waals surface area contributed by atoms with Gasteiger partial charge in [0.15, 0.2) is 0 Å². The van der Waals surface area contributed by atoms with E-state index < -0.39 is 6.04 Å². The van der Waals surface area contributed by atoms with Crippen LogP contribution in [0.25, 0.3) is 0 Å². The number of fused-ring (bicyclic) bond motifs is 1. The molecule has 120 valence electrons. The molecule has 0 bridgehead atoms. The van der Waals surface area contributed by atoms with E-state index in [0.29, 0.717) is 13.2 Å². The second-order valence-electron chi connectivity index (χ2n) is 5.80. The van der Waals surface area contributed by atoms with E-state index in [1.165, 1.54) is 4.90 Å². The molecule has 1 heterocycles. The zero-order valence-electron chi connectivity index (χ0n) is 13.5. The molecule has 1 N–H and O–H groups in total. The summed E-state index contributed by atoms with van der Waals surface area (Å²) >= 11 is 0. The number of carbonyl (C=O) groups is 2. The number of hydrogen-bond acceptors (Lipinski definition) is 3. The average molecular weight is 305 g/mol. The number of urea groups is 1. The first-order valence-electron chi connectivity index (χ1n) is 7.39. The Bertz CT molecular complexity index is 559. The molecule has 3 amide bonds. The Morgan fingerprint density at radius 1 is 1.36 bits per heavy atom. The fraction of sp³-hybridized carbons (Fsp3) is 0.500. The molecule has 0 saturated carbocycles. The molecule has 6 nitrogen and oxygen atoms in total. The fourth-order valence-electron chi connectivity index (χ4n) is 2.40. The summed E-state index contributed by atoms with van der Waals surface area (Å²) in [6.07, 6.45) is 0. The van der Waals surface area contributed by atoms with Gasteiger partial charge in [0.25, 0.3) is 0 Å². The molecule has 2 atom stereocenters. The number of nitrogens with one attached hydrogen (secondary N) is 1. The maximum Gasteiger partial charge on any atom is 0.318 e. The van der Waals surface area contributed by atoms with Crippen LogP contribution in [0.2, 0.25) is 0 Å². The summed E-state index contributed by atoms with van der Waals surface area (Å²) in [5.74, 6) is 0.676. The van der Waals surface area contributed by atoms with Gasteiger partial charge in [-0.05, 0) is 19.9 Å². The van der Waals surface area contributed by atoms with Gasteiger partial charge in [-0.2, -0.15) is 0 Å². The number of ether oxygens (including phenoxy) is 1. The summed E-state index contributed by atoms with van der Waals surface area (Å²) in [6.45, 7) is 4.52. The van der Waals surface area contributed by atoms with Crippen molar-refractivity contribution in [3.05, 3.63) is 29.8 Å². The van der Waals surface area contributed by atoms with Crippen molar-refractivity contribution >= 4 is 11.9 Å². The monoisotopic (exact) mass is 305 g/mol. The standard InChI is InChI=1S/C16H23N3O3/c1-11-10-22-14-8-6-5-7-13(14)9-19(11)16(21)17-12(2)15(20)18(3)4/h5-8,11-12H,9-10H2,1-4H3,(H,17,21)/t11-,12-/m0/s1. The fourth-order valence-corrected chi connectivity index (χ4v) is 2.40. The third-order valence-corrected chi connectivity index (χ3v) is 3.74. The zero-order valence-corrected chi connectivity index (χ0v) is 13.5. The highest BCUT2D eigenvalue weighted by Crippen LogP contribution is 2.24. The van der Waals surface area contributed by atoms with Gasteiger partial charge in [0, 0.05) is 19.7 Å². The minimum absolute atomic E-state index is 0.0749. The van der Waals surface area contributed by atoms with Gasteiger partial charge in [-0.15, -0.1) is 0 Å². The van der Waals surface area contributed by atoms with E-state index in [1.807, 2.05) is 31.2 Å². The topological polar surface area (TPSA) is 61.9 Å². The lowest BCUT2D eigenvalue weighted by Gasteiger charge is -2.28. The molecule has 0 aromatic heterocycles. The van der Waals surface area contributed by atoms with E-state index in [2.05, 4.69) is 5.32 Å². The Kier molecular flexibility index (Phi) is 4.90. The molecule has 1 aromatic rings. The van der Waals surface area contributed by atoms with E-state index in [0.717, 1.165) is 11.3 Å². The molecule has 0 aliphatic carbocycles. The number of hydrogen-bond donors (Lipinski definition) is 1. The van der Waals surface area contributed by atoms with E-state index in [-0.39, 0.29) is 18.0 Å². The molecule has 0 radical (unpaired) electrons. The van der Waals surface area contributed by atoms with Crippen LogP contribution in [0.4, 0.5) is 4.79 Å². The van der Waals surface area contributed by atoms with E-state index in [1.54, 1.807) is 25.9 Å². The van der Waals surface area contributed by atoms with Gasteiger partial charge in [0.2, 0.25) is 5.91 Å². The number of nitrogens with zero attached hydrogens (tertiary/aromatic N) is 2. The second-order valence-corrected chi connectivity index (χ2v) is 5.80. The average Bonchev–Trinajstić information content (AvgIpc) is 2.66. The number of benzene rings is 1. The molecule has 0 fully saturated rings. The zero-order chi connectivity index (χ0) is 16.3. The lowest BCUT2D eigenvalue weighted by atomic mass is 10.2. The smallest absolute Gasteiger partial charge is 0.318 e. The molecule has 1 aliphatic heterocycles. The first kappa shape index (κ1) is 16.1. The summed E-state index contributed by atoms with van der Waals surface area (Å²) in [4.78, 5) is 27.5. The molecule has 1 aromatic carbocycles. The van der Waals surface area contributed by atoms with Crippen molar-refractivity contribution in [2.45, 2.75) is 32.5 Å². The van der Waals surface area contributed by atoms with Crippen LogP contribution < -0.4 is 10.1 Å². The van der Waals surface area contributed by atoms with Crippen LogP contribution in [0, 0.1) is 0 Å². The van der Waals surface area contributed by atoms with Crippen LogP contribution in [-0.4, -0.2) is 54.5 Å². The molecule has 2 rings (SSSR count). The highest BCUT2D eigenvalue weighted by atomic mass is 16.5. The van der Waals surface area contributed by atoms with Gasteiger partial charge in [0.05, 0.1) is 12.6 Å². The summed E-state index contributed by atoms with van der Waals surface area (Å²) in [7, 11) is 3.34. The molecule has 1 aliphatic rings. The van der Waals surface area contributed by atoms with Crippen molar-refractivity contribution in [1.29, 1.82) is 0 Å². The van der Waals surface area contributed by atoms with E-state index >= 15 is 0 Å². The number of rotatable bonds is 2. The van der Waals surface area contributed by atoms with E-state index in [4.69, 9.17) is 4.74 Å². The molecule has 22 heavy (non-hydrogen) atoms. The Morgan fingerprint density at radius 2 is 2.05 bits per heavy atom. The predicted molar refractivity (Wildman–Crippen MR) is 83.6 cm³/mol. The van der Waals surface area contributed by atoms with Crippen LogP contribution in [0.3, 0.4) is 0 Å². The summed E-state index contributed by atoms with van der Waals surface area (Å²) < 4.78 is 5.73.